The Morgan fingerprint density at radius 3 is 2.78 bits per heavy atom. The molecule has 3 aliphatic rings. The predicted molar refractivity (Wildman–Crippen MR) is 71.5 cm³/mol. The van der Waals surface area contributed by atoms with Crippen molar-refractivity contribution in [3.05, 3.63) is 0 Å². The summed E-state index contributed by atoms with van der Waals surface area (Å²) in [7, 11) is 0. The Balaban J connectivity index is 1.49. The maximum Gasteiger partial charge on any atom is 0.317 e. The monoisotopic (exact) mass is 251 g/mol. The van der Waals surface area contributed by atoms with Crippen molar-refractivity contribution in [2.24, 2.45) is 5.92 Å². The lowest BCUT2D eigenvalue weighted by Crippen LogP contribution is -2.52. The molecule has 0 bridgehead atoms. The predicted octanol–water partition coefficient (Wildman–Crippen LogP) is 1.71. The molecule has 0 aromatic rings. The standard InChI is InChI=1S/C14H25N3O/c18-14(16-12-4-2-1-3-5-12)17-9-7-13-11(10-17)6-8-15-13/h11-13,15H,1-10H2,(H,16,18). The highest BCUT2D eigenvalue weighted by atomic mass is 16.2. The molecular weight excluding hydrogens is 226 g/mol. The summed E-state index contributed by atoms with van der Waals surface area (Å²) in [6, 6.07) is 1.29. The molecule has 0 spiro atoms. The average molecular weight is 251 g/mol. The van der Waals surface area contributed by atoms with Crippen LogP contribution < -0.4 is 10.6 Å². The van der Waals surface area contributed by atoms with E-state index in [0.717, 1.165) is 26.1 Å². The number of urea groups is 1. The Morgan fingerprint density at radius 1 is 1.11 bits per heavy atom. The second-order valence-corrected chi connectivity index (χ2v) is 6.13. The average Bonchev–Trinajstić information content (AvgIpc) is 2.87. The molecule has 0 aromatic carbocycles. The molecule has 4 nitrogen and oxygen atoms in total. The second kappa shape index (κ2) is 5.47. The zero-order chi connectivity index (χ0) is 12.4. The van der Waals surface area contributed by atoms with Gasteiger partial charge in [-0.25, -0.2) is 4.79 Å². The zero-order valence-electron chi connectivity index (χ0n) is 11.2. The molecule has 2 heterocycles. The first kappa shape index (κ1) is 12.3. The fourth-order valence-corrected chi connectivity index (χ4v) is 3.74. The quantitative estimate of drug-likeness (QED) is 0.745. The molecule has 1 aliphatic carbocycles. The number of carbonyl (C=O) groups is 1. The molecule has 2 aliphatic heterocycles. The molecular formula is C14H25N3O. The highest BCUT2D eigenvalue weighted by molar-refractivity contribution is 5.74. The fourth-order valence-electron chi connectivity index (χ4n) is 3.74. The van der Waals surface area contributed by atoms with Gasteiger partial charge < -0.3 is 15.5 Å². The van der Waals surface area contributed by atoms with E-state index < -0.39 is 0 Å². The highest BCUT2D eigenvalue weighted by Gasteiger charge is 2.34. The summed E-state index contributed by atoms with van der Waals surface area (Å²) in [4.78, 5) is 14.3. The number of rotatable bonds is 1. The first-order valence-corrected chi connectivity index (χ1v) is 7.62. The molecule has 2 atom stereocenters. The minimum absolute atomic E-state index is 0.187. The van der Waals surface area contributed by atoms with Crippen LogP contribution in [0.3, 0.4) is 0 Å². The molecule has 2 unspecified atom stereocenters. The first-order valence-electron chi connectivity index (χ1n) is 7.62. The lowest BCUT2D eigenvalue weighted by Gasteiger charge is -2.36. The largest absolute Gasteiger partial charge is 0.335 e. The number of fused-ring (bicyclic) bond motifs is 1. The third-order valence-electron chi connectivity index (χ3n) is 4.88. The number of nitrogens with zero attached hydrogens (tertiary/aromatic N) is 1. The van der Waals surface area contributed by atoms with Crippen LogP contribution in [-0.2, 0) is 0 Å². The van der Waals surface area contributed by atoms with E-state index in [0.29, 0.717) is 18.0 Å². The molecule has 2 saturated heterocycles. The van der Waals surface area contributed by atoms with Gasteiger partial charge in [-0.1, -0.05) is 19.3 Å². The summed E-state index contributed by atoms with van der Waals surface area (Å²) in [6.45, 7) is 3.01. The maximum absolute atomic E-state index is 12.2. The van der Waals surface area contributed by atoms with Gasteiger partial charge in [-0.3, -0.25) is 0 Å². The molecule has 2 N–H and O–H groups in total. The normalized spacial score (nSPS) is 33.2. The Labute approximate surface area is 109 Å². The van der Waals surface area contributed by atoms with E-state index >= 15 is 0 Å². The van der Waals surface area contributed by atoms with Gasteiger partial charge in [-0.2, -0.15) is 0 Å². The Hall–Kier alpha value is -0.770. The van der Waals surface area contributed by atoms with Gasteiger partial charge in [0.25, 0.3) is 0 Å². The highest BCUT2D eigenvalue weighted by Crippen LogP contribution is 2.25. The summed E-state index contributed by atoms with van der Waals surface area (Å²) in [5.41, 5.74) is 0. The van der Waals surface area contributed by atoms with E-state index in [9.17, 15) is 4.79 Å². The summed E-state index contributed by atoms with van der Waals surface area (Å²) >= 11 is 0. The molecule has 4 heteroatoms. The van der Waals surface area contributed by atoms with E-state index in [2.05, 4.69) is 10.6 Å². The zero-order valence-corrected chi connectivity index (χ0v) is 11.2. The molecule has 3 fully saturated rings. The lowest BCUT2D eigenvalue weighted by molar-refractivity contribution is 0.154. The van der Waals surface area contributed by atoms with E-state index in [1.807, 2.05) is 4.90 Å². The van der Waals surface area contributed by atoms with Crippen molar-refractivity contribution in [2.75, 3.05) is 19.6 Å². The van der Waals surface area contributed by atoms with Crippen molar-refractivity contribution < 1.29 is 4.79 Å². The Bertz CT molecular complexity index is 301. The van der Waals surface area contributed by atoms with Crippen LogP contribution >= 0.6 is 0 Å². The summed E-state index contributed by atoms with van der Waals surface area (Å²) in [5.74, 6) is 0.691. The van der Waals surface area contributed by atoms with E-state index in [4.69, 9.17) is 0 Å². The molecule has 2 amide bonds. The van der Waals surface area contributed by atoms with E-state index in [1.165, 1.54) is 38.5 Å². The van der Waals surface area contributed by atoms with Crippen LogP contribution in [0.2, 0.25) is 0 Å². The van der Waals surface area contributed by atoms with Gasteiger partial charge in [0, 0.05) is 25.2 Å². The van der Waals surface area contributed by atoms with Gasteiger partial charge in [-0.15, -0.1) is 0 Å². The van der Waals surface area contributed by atoms with Crippen LogP contribution in [0.15, 0.2) is 0 Å². The molecule has 3 rings (SSSR count). The Morgan fingerprint density at radius 2 is 1.94 bits per heavy atom. The van der Waals surface area contributed by atoms with Crippen molar-refractivity contribution in [2.45, 2.75) is 57.0 Å². The SMILES string of the molecule is O=C(NC1CCCCC1)N1CCC2NCCC2C1. The van der Waals surface area contributed by atoms with E-state index in [1.54, 1.807) is 0 Å². The molecule has 0 radical (unpaired) electrons. The van der Waals surface area contributed by atoms with Gasteiger partial charge in [0.15, 0.2) is 0 Å². The summed E-state index contributed by atoms with van der Waals surface area (Å²) in [5, 5.41) is 6.78. The minimum atomic E-state index is 0.187. The maximum atomic E-state index is 12.2. The molecule has 0 aromatic heterocycles. The van der Waals surface area contributed by atoms with Crippen molar-refractivity contribution in [1.29, 1.82) is 0 Å². The van der Waals surface area contributed by atoms with Gasteiger partial charge in [-0.05, 0) is 38.1 Å². The topological polar surface area (TPSA) is 44.4 Å². The van der Waals surface area contributed by atoms with Crippen LogP contribution in [0.25, 0.3) is 0 Å². The number of amides is 2. The van der Waals surface area contributed by atoms with Crippen molar-refractivity contribution in [3.8, 4) is 0 Å². The van der Waals surface area contributed by atoms with Gasteiger partial charge in [0.1, 0.15) is 0 Å². The summed E-state index contributed by atoms with van der Waals surface area (Å²) in [6.07, 6.45) is 8.60. The van der Waals surface area contributed by atoms with Crippen LogP contribution in [-0.4, -0.2) is 42.6 Å². The van der Waals surface area contributed by atoms with Crippen molar-refractivity contribution in [3.63, 3.8) is 0 Å². The third-order valence-corrected chi connectivity index (χ3v) is 4.88. The number of hydrogen-bond donors (Lipinski definition) is 2. The van der Waals surface area contributed by atoms with Gasteiger partial charge >= 0.3 is 6.03 Å². The molecule has 102 valence electrons. The molecule has 18 heavy (non-hydrogen) atoms. The number of carbonyl (C=O) groups excluding carboxylic acids is 1. The molecule has 1 saturated carbocycles. The first-order chi connectivity index (χ1) is 8.83. The van der Waals surface area contributed by atoms with Gasteiger partial charge in [0.05, 0.1) is 0 Å². The Kier molecular flexibility index (Phi) is 3.73. The minimum Gasteiger partial charge on any atom is -0.335 e. The smallest absolute Gasteiger partial charge is 0.317 e. The number of hydrogen-bond acceptors (Lipinski definition) is 2. The number of nitrogens with one attached hydrogen (secondary N) is 2. The number of likely N-dealkylation sites (tertiary alicyclic amines) is 1. The fraction of sp³-hybridized carbons (Fsp3) is 0.929. The van der Waals surface area contributed by atoms with E-state index in [-0.39, 0.29) is 6.03 Å². The van der Waals surface area contributed by atoms with Gasteiger partial charge in [0.2, 0.25) is 0 Å². The van der Waals surface area contributed by atoms with Crippen LogP contribution in [0, 0.1) is 5.92 Å². The van der Waals surface area contributed by atoms with Crippen molar-refractivity contribution >= 4 is 6.03 Å². The lowest BCUT2D eigenvalue weighted by atomic mass is 9.93. The second-order valence-electron chi connectivity index (χ2n) is 6.13. The summed E-state index contributed by atoms with van der Waals surface area (Å²) < 4.78 is 0. The number of piperidine rings is 1. The third kappa shape index (κ3) is 2.63. The van der Waals surface area contributed by atoms with Crippen molar-refractivity contribution in [1.82, 2.24) is 15.5 Å². The van der Waals surface area contributed by atoms with Crippen LogP contribution in [0.5, 0.6) is 0 Å². The van der Waals surface area contributed by atoms with Crippen LogP contribution in [0.1, 0.15) is 44.9 Å². The van der Waals surface area contributed by atoms with Crippen LogP contribution in [0.4, 0.5) is 4.79 Å².